The Morgan fingerprint density at radius 3 is 2.36 bits per heavy atom. The SMILES string of the molecule is [2H]C([2H])([2H])c1c[c-]c(-c2cc(C([2H])(C)C)c([Si](C)(C)C)cn2)cc1.[Ir].[c-]1ccc2c(oc3ccccc32)c1-c1nc2ccccc2n1-c1ccc2ccccc2c1. The average Bonchev–Trinajstić information content (AvgIpc) is 3.76. The summed E-state index contributed by atoms with van der Waals surface area (Å²) in [6.07, 6.45) is 1.89. The van der Waals surface area contributed by atoms with Gasteiger partial charge >= 0.3 is 0 Å². The van der Waals surface area contributed by atoms with Crippen molar-refractivity contribution in [1.82, 2.24) is 14.5 Å². The molecule has 0 aliphatic carbocycles. The summed E-state index contributed by atoms with van der Waals surface area (Å²) in [5.41, 5.74) is 8.34. The number of hydrogen-bond acceptors (Lipinski definition) is 3. The normalized spacial score (nSPS) is 13.2. The van der Waals surface area contributed by atoms with Crippen molar-refractivity contribution in [2.45, 2.75) is 46.2 Å². The van der Waals surface area contributed by atoms with Crippen molar-refractivity contribution >= 4 is 57.0 Å². The third-order valence-electron chi connectivity index (χ3n) is 9.45. The van der Waals surface area contributed by atoms with Crippen LogP contribution in [-0.2, 0) is 20.1 Å². The molecule has 0 fully saturated rings. The standard InChI is InChI=1S/C29H17N2O.C18H24NSi.Ir/c1-2-9-20-18-21(17-16-19(20)8-1)31-26-14-5-4-13-25(26)30-29(31)24-12-7-11-23-22-10-3-6-15-27(22)32-28(23)24;1-13(2)16-11-17(15-9-7-14(3)8-10-15)19-12-18(16)20(4,5)6;/h1-11,13-18H;7-9,11-13H,1-6H3;/q2*-1;/i;3D3,13D;. The molecular formula is C47H41IrN3OSi-2. The summed E-state index contributed by atoms with van der Waals surface area (Å²) in [4.78, 5) is 9.59. The first-order valence-electron chi connectivity index (χ1n) is 19.5. The first kappa shape index (κ1) is 31.4. The van der Waals surface area contributed by atoms with Crippen molar-refractivity contribution in [1.29, 1.82) is 0 Å². The Kier molecular flexibility index (Phi) is 8.71. The van der Waals surface area contributed by atoms with Crippen LogP contribution in [0.15, 0.2) is 138 Å². The van der Waals surface area contributed by atoms with E-state index in [-0.39, 0.29) is 25.7 Å². The van der Waals surface area contributed by atoms with Crippen LogP contribution in [0.3, 0.4) is 0 Å². The van der Waals surface area contributed by atoms with Gasteiger partial charge in [0, 0.05) is 42.9 Å². The summed E-state index contributed by atoms with van der Waals surface area (Å²) in [5, 5.41) is 5.77. The number of imidazole rings is 1. The second-order valence-corrected chi connectivity index (χ2v) is 19.4. The Hall–Kier alpha value is -5.13. The van der Waals surface area contributed by atoms with Crippen molar-refractivity contribution in [3.63, 3.8) is 0 Å². The fourth-order valence-electron chi connectivity index (χ4n) is 6.83. The minimum Gasteiger partial charge on any atom is -0.501 e. The number of furan rings is 1. The predicted molar refractivity (Wildman–Crippen MR) is 220 cm³/mol. The van der Waals surface area contributed by atoms with Gasteiger partial charge in [0.05, 0.1) is 30.5 Å². The van der Waals surface area contributed by atoms with Gasteiger partial charge in [0.1, 0.15) is 5.58 Å². The summed E-state index contributed by atoms with van der Waals surface area (Å²) in [5.74, 6) is 0.109. The number of para-hydroxylation sites is 3. The molecule has 0 bridgehead atoms. The van der Waals surface area contributed by atoms with Crippen LogP contribution in [-0.4, -0.2) is 22.6 Å². The first-order chi connectivity index (χ1) is 26.7. The molecule has 6 heteroatoms. The minimum atomic E-state index is -2.13. The van der Waals surface area contributed by atoms with Crippen LogP contribution in [0.5, 0.6) is 0 Å². The molecule has 0 N–H and O–H groups in total. The molecule has 3 aromatic heterocycles. The molecule has 1 radical (unpaired) electrons. The molecule has 265 valence electrons. The molecule has 3 heterocycles. The zero-order valence-corrected chi connectivity index (χ0v) is 33.7. The fraction of sp³-hybridized carbons (Fsp3) is 0.149. The summed E-state index contributed by atoms with van der Waals surface area (Å²) in [6, 6.07) is 48.6. The number of rotatable bonds is 5. The van der Waals surface area contributed by atoms with Gasteiger partial charge in [-0.25, -0.2) is 0 Å². The topological polar surface area (TPSA) is 43.9 Å². The molecule has 9 rings (SSSR count). The number of pyridine rings is 1. The summed E-state index contributed by atoms with van der Waals surface area (Å²) in [6.45, 7) is 8.38. The van der Waals surface area contributed by atoms with E-state index in [1.165, 1.54) is 22.0 Å². The van der Waals surface area contributed by atoms with Crippen molar-refractivity contribution in [3.05, 3.63) is 157 Å². The average molecular weight is 888 g/mol. The van der Waals surface area contributed by atoms with Gasteiger partial charge in [-0.15, -0.1) is 53.6 Å². The number of fused-ring (bicyclic) bond motifs is 5. The molecule has 9 aromatic rings. The monoisotopic (exact) mass is 888 g/mol. The van der Waals surface area contributed by atoms with E-state index in [1.807, 2.05) is 56.4 Å². The molecule has 53 heavy (non-hydrogen) atoms. The van der Waals surface area contributed by atoms with E-state index in [1.54, 1.807) is 12.1 Å². The molecule has 4 nitrogen and oxygen atoms in total. The van der Waals surface area contributed by atoms with Crippen molar-refractivity contribution in [3.8, 4) is 28.3 Å². The largest absolute Gasteiger partial charge is 0.501 e. The number of aryl methyl sites for hydroxylation is 1. The molecule has 0 aliphatic rings. The molecule has 0 atom stereocenters. The Morgan fingerprint density at radius 1 is 0.811 bits per heavy atom. The van der Waals surface area contributed by atoms with Gasteiger partial charge in [-0.3, -0.25) is 4.98 Å². The van der Waals surface area contributed by atoms with Gasteiger partial charge in [-0.2, -0.15) is 0 Å². The summed E-state index contributed by atoms with van der Waals surface area (Å²) >= 11 is 0. The fourth-order valence-corrected chi connectivity index (χ4v) is 8.41. The van der Waals surface area contributed by atoms with E-state index in [4.69, 9.17) is 14.9 Å². The van der Waals surface area contributed by atoms with Gasteiger partial charge in [-0.1, -0.05) is 124 Å². The minimum absolute atomic E-state index is 0. The molecule has 0 saturated heterocycles. The smallest absolute Gasteiger partial charge is 0.120 e. The zero-order chi connectivity index (χ0) is 39.4. The second kappa shape index (κ2) is 14.7. The molecule has 0 unspecified atom stereocenters. The Bertz CT molecular complexity index is 2890. The van der Waals surface area contributed by atoms with Crippen molar-refractivity contribution in [2.75, 3.05) is 0 Å². The Balaban J connectivity index is 0.000000179. The quantitative estimate of drug-likeness (QED) is 0.128. The zero-order valence-electron chi connectivity index (χ0n) is 34.3. The Labute approximate surface area is 331 Å². The number of nitrogens with zero attached hydrogens (tertiary/aromatic N) is 3. The number of aromatic nitrogens is 3. The van der Waals surface area contributed by atoms with Gasteiger partial charge in [-0.05, 0) is 57.9 Å². The summed E-state index contributed by atoms with van der Waals surface area (Å²) < 4.78 is 39.3. The molecular weight excluding hydrogens is 843 g/mol. The maximum Gasteiger partial charge on any atom is 0.120 e. The van der Waals surface area contributed by atoms with E-state index in [9.17, 15) is 0 Å². The maximum atomic E-state index is 8.48. The van der Waals surface area contributed by atoms with E-state index in [0.717, 1.165) is 66.9 Å². The van der Waals surface area contributed by atoms with Gasteiger partial charge in [0.25, 0.3) is 0 Å². The van der Waals surface area contributed by atoms with E-state index in [2.05, 4.69) is 114 Å². The van der Waals surface area contributed by atoms with Crippen LogP contribution < -0.4 is 5.19 Å². The molecule has 0 amide bonds. The maximum absolute atomic E-state index is 8.48. The van der Waals surface area contributed by atoms with Crippen molar-refractivity contribution < 1.29 is 30.0 Å². The molecule has 0 saturated carbocycles. The number of benzene rings is 6. The van der Waals surface area contributed by atoms with E-state index < -0.39 is 20.8 Å². The second-order valence-electron chi connectivity index (χ2n) is 14.3. The van der Waals surface area contributed by atoms with Gasteiger partial charge < -0.3 is 14.0 Å². The number of hydrogen-bond donors (Lipinski definition) is 0. The van der Waals surface area contributed by atoms with Gasteiger partial charge in [0.15, 0.2) is 0 Å². The first-order valence-corrected chi connectivity index (χ1v) is 21.0. The van der Waals surface area contributed by atoms with Crippen LogP contribution in [0, 0.1) is 19.0 Å². The molecule has 6 aromatic carbocycles. The van der Waals surface area contributed by atoms with Crippen LogP contribution in [0.2, 0.25) is 19.6 Å². The van der Waals surface area contributed by atoms with Crippen LogP contribution in [0.1, 0.15) is 36.4 Å². The third kappa shape index (κ3) is 7.03. The van der Waals surface area contributed by atoms with E-state index in [0.29, 0.717) is 0 Å². The third-order valence-corrected chi connectivity index (χ3v) is 11.5. The molecule has 0 spiro atoms. The van der Waals surface area contributed by atoms with Crippen LogP contribution in [0.25, 0.3) is 72.1 Å². The van der Waals surface area contributed by atoms with E-state index >= 15 is 0 Å². The van der Waals surface area contributed by atoms with Crippen LogP contribution in [0.4, 0.5) is 0 Å². The van der Waals surface area contributed by atoms with Crippen LogP contribution >= 0.6 is 0 Å². The molecule has 0 aliphatic heterocycles. The van der Waals surface area contributed by atoms with Crippen molar-refractivity contribution in [2.24, 2.45) is 0 Å². The Morgan fingerprint density at radius 2 is 1.58 bits per heavy atom. The predicted octanol–water partition coefficient (Wildman–Crippen LogP) is 12.1. The van der Waals surface area contributed by atoms with Gasteiger partial charge in [0.2, 0.25) is 0 Å². The summed E-state index contributed by atoms with van der Waals surface area (Å²) in [7, 11) is -1.61.